The molecule has 39 heavy (non-hydrogen) atoms. The van der Waals surface area contributed by atoms with Gasteiger partial charge in [0.2, 0.25) is 0 Å². The third-order valence-electron chi connectivity index (χ3n) is 6.03. The van der Waals surface area contributed by atoms with Crippen molar-refractivity contribution in [2.24, 2.45) is 16.8 Å². The molecule has 0 spiro atoms. The number of esters is 1. The SMILES string of the molecule is CCC(C=CCC(C)C(=NC)c1cc(C(F)(F)F)cc(C(F)(F)F)c1)CC=C(C(=O)OC(C)C)c1ccoc1. The standard InChI is InChI=1S/C29H33F6NO3/c1-6-20(10-11-25(21-12-13-38-17-21)27(37)39-18(2)3)9-7-8-19(4)26(36-5)22-14-23(28(30,31)32)16-24(15-22)29(33,34)35/h7,9,11-20H,6,8,10H2,1-5H3. The Bertz CT molecular complexity index is 1140. The summed E-state index contributed by atoms with van der Waals surface area (Å²) in [5, 5.41) is 0. The number of aliphatic imine (C=N–C) groups is 1. The number of carbonyl (C=O) groups is 1. The van der Waals surface area contributed by atoms with Gasteiger partial charge in [0.15, 0.2) is 0 Å². The fourth-order valence-electron chi connectivity index (χ4n) is 3.99. The van der Waals surface area contributed by atoms with Crippen molar-refractivity contribution in [3.05, 3.63) is 77.3 Å². The maximum Gasteiger partial charge on any atom is 0.416 e. The monoisotopic (exact) mass is 557 g/mol. The third kappa shape index (κ3) is 9.44. The number of halogens is 6. The summed E-state index contributed by atoms with van der Waals surface area (Å²) in [4.78, 5) is 16.6. The van der Waals surface area contributed by atoms with Crippen LogP contribution in [0.4, 0.5) is 26.3 Å². The quantitative estimate of drug-likeness (QED) is 0.0912. The second-order valence-electron chi connectivity index (χ2n) is 9.46. The third-order valence-corrected chi connectivity index (χ3v) is 6.03. The molecule has 2 aromatic rings. The molecule has 2 unspecified atom stereocenters. The van der Waals surface area contributed by atoms with Gasteiger partial charge in [-0.05, 0) is 68.9 Å². The largest absolute Gasteiger partial charge is 0.472 e. The van der Waals surface area contributed by atoms with Crippen LogP contribution >= 0.6 is 0 Å². The van der Waals surface area contributed by atoms with Crippen LogP contribution in [0.15, 0.2) is 64.4 Å². The Balaban J connectivity index is 2.22. The van der Waals surface area contributed by atoms with Crippen molar-refractivity contribution in [2.45, 2.75) is 65.4 Å². The van der Waals surface area contributed by atoms with Gasteiger partial charge in [-0.15, -0.1) is 0 Å². The van der Waals surface area contributed by atoms with E-state index in [0.29, 0.717) is 36.1 Å². The number of nitrogens with zero attached hydrogens (tertiary/aromatic N) is 1. The Labute approximate surface area is 224 Å². The Morgan fingerprint density at radius 3 is 2.08 bits per heavy atom. The highest BCUT2D eigenvalue weighted by Crippen LogP contribution is 2.37. The van der Waals surface area contributed by atoms with Crippen molar-refractivity contribution in [3.63, 3.8) is 0 Å². The minimum atomic E-state index is -4.93. The summed E-state index contributed by atoms with van der Waals surface area (Å²) in [5.41, 5.74) is -1.86. The number of allylic oxidation sites excluding steroid dienone is 3. The smallest absolute Gasteiger partial charge is 0.416 e. The molecule has 0 radical (unpaired) electrons. The Morgan fingerprint density at radius 1 is 1.00 bits per heavy atom. The molecule has 0 N–H and O–H groups in total. The van der Waals surface area contributed by atoms with E-state index in [0.717, 1.165) is 6.42 Å². The molecule has 0 saturated carbocycles. The first kappa shape index (κ1) is 31.9. The average Bonchev–Trinajstić information content (AvgIpc) is 3.36. The van der Waals surface area contributed by atoms with Gasteiger partial charge >= 0.3 is 18.3 Å². The first-order valence-corrected chi connectivity index (χ1v) is 12.5. The van der Waals surface area contributed by atoms with E-state index >= 15 is 0 Å². The lowest BCUT2D eigenvalue weighted by atomic mass is 9.91. The minimum Gasteiger partial charge on any atom is -0.472 e. The highest BCUT2D eigenvalue weighted by molar-refractivity contribution is 6.16. The van der Waals surface area contributed by atoms with Gasteiger partial charge in [0.1, 0.15) is 0 Å². The fraction of sp³-hybridized carbons (Fsp3) is 0.448. The van der Waals surface area contributed by atoms with Gasteiger partial charge in [-0.2, -0.15) is 26.3 Å². The van der Waals surface area contributed by atoms with E-state index in [1.165, 1.54) is 19.6 Å². The van der Waals surface area contributed by atoms with E-state index in [1.807, 2.05) is 19.1 Å². The molecule has 4 nitrogen and oxygen atoms in total. The zero-order valence-electron chi connectivity index (χ0n) is 22.5. The summed E-state index contributed by atoms with van der Waals surface area (Å²) >= 11 is 0. The molecule has 1 aromatic carbocycles. The molecule has 2 rings (SSSR count). The van der Waals surface area contributed by atoms with E-state index in [2.05, 4.69) is 4.99 Å². The molecule has 0 aliphatic carbocycles. The van der Waals surface area contributed by atoms with Crippen LogP contribution in [0.1, 0.15) is 69.2 Å². The summed E-state index contributed by atoms with van der Waals surface area (Å²) in [6.07, 6.45) is -0.138. The average molecular weight is 558 g/mol. The molecule has 0 saturated heterocycles. The van der Waals surface area contributed by atoms with E-state index < -0.39 is 35.4 Å². The van der Waals surface area contributed by atoms with E-state index in [4.69, 9.17) is 9.15 Å². The summed E-state index contributed by atoms with van der Waals surface area (Å²) in [7, 11) is 1.34. The lowest BCUT2D eigenvalue weighted by molar-refractivity contribution is -0.143. The molecular formula is C29H33F6NO3. The van der Waals surface area contributed by atoms with Crippen molar-refractivity contribution in [1.29, 1.82) is 0 Å². The summed E-state index contributed by atoms with van der Waals surface area (Å²) in [6, 6.07) is 3.17. The number of furan rings is 1. The summed E-state index contributed by atoms with van der Waals surface area (Å²) < 4.78 is 90.3. The fourth-order valence-corrected chi connectivity index (χ4v) is 3.99. The van der Waals surface area contributed by atoms with Crippen LogP contribution in [0, 0.1) is 11.8 Å². The van der Waals surface area contributed by atoms with Crippen molar-refractivity contribution in [2.75, 3.05) is 7.05 Å². The van der Waals surface area contributed by atoms with E-state index in [9.17, 15) is 31.1 Å². The van der Waals surface area contributed by atoms with Gasteiger partial charge in [-0.25, -0.2) is 4.79 Å². The molecule has 1 heterocycles. The molecule has 0 amide bonds. The van der Waals surface area contributed by atoms with Crippen LogP contribution in [0.25, 0.3) is 5.57 Å². The zero-order chi connectivity index (χ0) is 29.4. The molecule has 0 aliphatic rings. The Hall–Kier alpha value is -3.30. The number of benzene rings is 1. The van der Waals surface area contributed by atoms with Gasteiger partial charge < -0.3 is 9.15 Å². The molecular weight excluding hydrogens is 524 g/mol. The molecule has 0 fully saturated rings. The van der Waals surface area contributed by atoms with Crippen LogP contribution in [0.2, 0.25) is 0 Å². The highest BCUT2D eigenvalue weighted by Gasteiger charge is 2.37. The van der Waals surface area contributed by atoms with Crippen molar-refractivity contribution in [1.82, 2.24) is 0 Å². The highest BCUT2D eigenvalue weighted by atomic mass is 19.4. The number of carbonyl (C=O) groups excluding carboxylic acids is 1. The maximum atomic E-state index is 13.3. The number of hydrogen-bond donors (Lipinski definition) is 0. The number of hydrogen-bond acceptors (Lipinski definition) is 4. The lowest BCUT2D eigenvalue weighted by Gasteiger charge is -2.18. The Morgan fingerprint density at radius 2 is 1.62 bits per heavy atom. The maximum absolute atomic E-state index is 13.3. The van der Waals surface area contributed by atoms with E-state index in [1.54, 1.807) is 32.9 Å². The first-order chi connectivity index (χ1) is 18.2. The molecule has 2 atom stereocenters. The molecule has 0 aliphatic heterocycles. The van der Waals surface area contributed by atoms with Gasteiger partial charge in [-0.3, -0.25) is 4.99 Å². The molecule has 10 heteroatoms. The number of ether oxygens (including phenoxy) is 1. The van der Waals surface area contributed by atoms with Crippen LogP contribution < -0.4 is 0 Å². The van der Waals surface area contributed by atoms with Gasteiger partial charge in [0, 0.05) is 24.2 Å². The number of alkyl halides is 6. The Kier molecular flexibility index (Phi) is 11.2. The minimum absolute atomic E-state index is 0.0263. The normalized spacial score (nSPS) is 15.2. The van der Waals surface area contributed by atoms with Crippen LogP contribution in [-0.2, 0) is 21.9 Å². The molecule has 214 valence electrons. The first-order valence-electron chi connectivity index (χ1n) is 12.5. The van der Waals surface area contributed by atoms with E-state index in [-0.39, 0.29) is 29.4 Å². The summed E-state index contributed by atoms with van der Waals surface area (Å²) in [5.74, 6) is -0.897. The predicted octanol–water partition coefficient (Wildman–Crippen LogP) is 8.77. The predicted molar refractivity (Wildman–Crippen MR) is 138 cm³/mol. The molecule has 0 bridgehead atoms. The van der Waals surface area contributed by atoms with Crippen molar-refractivity contribution in [3.8, 4) is 0 Å². The second-order valence-corrected chi connectivity index (χ2v) is 9.46. The topological polar surface area (TPSA) is 51.8 Å². The van der Waals surface area contributed by atoms with Crippen LogP contribution in [-0.4, -0.2) is 24.8 Å². The zero-order valence-corrected chi connectivity index (χ0v) is 22.5. The lowest BCUT2D eigenvalue weighted by Crippen LogP contribution is -2.17. The van der Waals surface area contributed by atoms with Gasteiger partial charge in [-0.1, -0.05) is 32.1 Å². The van der Waals surface area contributed by atoms with Crippen molar-refractivity contribution < 1.29 is 40.3 Å². The number of rotatable bonds is 11. The van der Waals surface area contributed by atoms with Crippen molar-refractivity contribution >= 4 is 17.3 Å². The molecule has 1 aromatic heterocycles. The van der Waals surface area contributed by atoms with Gasteiger partial charge in [0.25, 0.3) is 0 Å². The van der Waals surface area contributed by atoms with Crippen LogP contribution in [0.3, 0.4) is 0 Å². The summed E-state index contributed by atoms with van der Waals surface area (Å²) in [6.45, 7) is 7.16. The second kappa shape index (κ2) is 13.7. The van der Waals surface area contributed by atoms with Crippen LogP contribution in [0.5, 0.6) is 0 Å². The van der Waals surface area contributed by atoms with Gasteiger partial charge in [0.05, 0.1) is 35.3 Å².